The first-order valence-electron chi connectivity index (χ1n) is 6.87. The Balaban J connectivity index is 2.09. The summed E-state index contributed by atoms with van der Waals surface area (Å²) in [6, 6.07) is 2.00. The van der Waals surface area contributed by atoms with E-state index in [1.807, 2.05) is 6.07 Å². The van der Waals surface area contributed by atoms with Gasteiger partial charge in [-0.1, -0.05) is 38.3 Å². The summed E-state index contributed by atoms with van der Waals surface area (Å²) in [5.74, 6) is 1.48. The van der Waals surface area contributed by atoms with Crippen molar-refractivity contribution in [2.24, 2.45) is 17.6 Å². The van der Waals surface area contributed by atoms with Crippen molar-refractivity contribution in [3.05, 3.63) is 29.0 Å². The van der Waals surface area contributed by atoms with E-state index in [0.717, 1.165) is 41.7 Å². The molecule has 1 aromatic rings. The van der Waals surface area contributed by atoms with E-state index in [9.17, 15) is 0 Å². The number of hydrogen-bond acceptors (Lipinski definition) is 2. The lowest BCUT2D eigenvalue weighted by molar-refractivity contribution is 0.182. The first kappa shape index (κ1) is 13.8. The predicted octanol–water partition coefficient (Wildman–Crippen LogP) is 3.82. The molecule has 2 rings (SSSR count). The summed E-state index contributed by atoms with van der Waals surface area (Å²) in [5.41, 5.74) is 7.66. The summed E-state index contributed by atoms with van der Waals surface area (Å²) in [4.78, 5) is 4.03. The smallest absolute Gasteiger partial charge is 0.0621 e. The molecular weight excluding hydrogens is 244 g/mol. The minimum Gasteiger partial charge on any atom is -0.325 e. The molecule has 1 aromatic heterocycles. The molecule has 0 spiro atoms. The Morgan fingerprint density at radius 2 is 2.33 bits per heavy atom. The van der Waals surface area contributed by atoms with Gasteiger partial charge >= 0.3 is 0 Å². The van der Waals surface area contributed by atoms with E-state index in [-0.39, 0.29) is 5.54 Å². The average Bonchev–Trinajstić information content (AvgIpc) is 2.32. The monoisotopic (exact) mass is 266 g/mol. The molecule has 0 radical (unpaired) electrons. The zero-order chi connectivity index (χ0) is 13.2. The molecule has 1 heterocycles. The van der Waals surface area contributed by atoms with Crippen LogP contribution in [0.15, 0.2) is 18.5 Å². The van der Waals surface area contributed by atoms with Crippen molar-refractivity contribution in [3.63, 3.8) is 0 Å². The zero-order valence-corrected chi connectivity index (χ0v) is 12.1. The van der Waals surface area contributed by atoms with Crippen LogP contribution < -0.4 is 5.73 Å². The molecule has 0 bridgehead atoms. The van der Waals surface area contributed by atoms with E-state index >= 15 is 0 Å². The molecule has 2 N–H and O–H groups in total. The van der Waals surface area contributed by atoms with Crippen LogP contribution in [0.2, 0.25) is 5.02 Å². The number of aromatic nitrogens is 1. The van der Waals surface area contributed by atoms with Gasteiger partial charge in [-0.15, -0.1) is 0 Å². The van der Waals surface area contributed by atoms with Gasteiger partial charge in [-0.2, -0.15) is 0 Å². The Labute approximate surface area is 115 Å². The Kier molecular flexibility index (Phi) is 4.29. The summed E-state index contributed by atoms with van der Waals surface area (Å²) < 4.78 is 0. The fourth-order valence-electron chi connectivity index (χ4n) is 3.10. The van der Waals surface area contributed by atoms with Crippen LogP contribution >= 0.6 is 11.6 Å². The molecule has 3 heteroatoms. The van der Waals surface area contributed by atoms with Gasteiger partial charge in [0.05, 0.1) is 5.02 Å². The van der Waals surface area contributed by atoms with E-state index in [2.05, 4.69) is 18.8 Å². The van der Waals surface area contributed by atoms with Crippen molar-refractivity contribution < 1.29 is 0 Å². The third-order valence-electron chi connectivity index (χ3n) is 4.26. The molecule has 0 aliphatic heterocycles. The van der Waals surface area contributed by atoms with Gasteiger partial charge < -0.3 is 5.73 Å². The van der Waals surface area contributed by atoms with Crippen molar-refractivity contribution >= 4 is 11.6 Å². The summed E-state index contributed by atoms with van der Waals surface area (Å²) in [6.07, 6.45) is 9.16. The second-order valence-corrected chi connectivity index (χ2v) is 6.51. The first-order valence-corrected chi connectivity index (χ1v) is 7.25. The molecule has 0 amide bonds. The third kappa shape index (κ3) is 3.24. The Morgan fingerprint density at radius 1 is 1.56 bits per heavy atom. The minimum absolute atomic E-state index is 0.0851. The first-order chi connectivity index (χ1) is 8.50. The highest BCUT2D eigenvalue weighted by molar-refractivity contribution is 6.31. The van der Waals surface area contributed by atoms with Crippen LogP contribution in [0.1, 0.15) is 45.1 Å². The molecule has 1 aliphatic carbocycles. The van der Waals surface area contributed by atoms with Crippen molar-refractivity contribution in [3.8, 4) is 0 Å². The fourth-order valence-corrected chi connectivity index (χ4v) is 3.29. The van der Waals surface area contributed by atoms with Gasteiger partial charge in [-0.25, -0.2) is 0 Å². The Bertz CT molecular complexity index is 405. The number of nitrogens with zero attached hydrogens (tertiary/aromatic N) is 1. The van der Waals surface area contributed by atoms with Crippen molar-refractivity contribution in [2.75, 3.05) is 0 Å². The number of pyridine rings is 1. The van der Waals surface area contributed by atoms with Gasteiger partial charge in [-0.3, -0.25) is 4.98 Å². The predicted molar refractivity (Wildman–Crippen MR) is 76.7 cm³/mol. The van der Waals surface area contributed by atoms with E-state index < -0.39 is 0 Å². The van der Waals surface area contributed by atoms with E-state index in [0.29, 0.717) is 0 Å². The molecule has 0 aromatic carbocycles. The zero-order valence-electron chi connectivity index (χ0n) is 11.3. The van der Waals surface area contributed by atoms with Gasteiger partial charge in [0, 0.05) is 17.9 Å². The van der Waals surface area contributed by atoms with Crippen molar-refractivity contribution in [2.45, 2.75) is 51.5 Å². The van der Waals surface area contributed by atoms with Gasteiger partial charge in [0.2, 0.25) is 0 Å². The summed E-state index contributed by atoms with van der Waals surface area (Å²) >= 11 is 6.19. The molecule has 1 fully saturated rings. The quantitative estimate of drug-likeness (QED) is 0.903. The fraction of sp³-hybridized carbons (Fsp3) is 0.667. The van der Waals surface area contributed by atoms with Crippen LogP contribution in [0.25, 0.3) is 0 Å². The molecule has 0 saturated heterocycles. The molecule has 100 valence electrons. The van der Waals surface area contributed by atoms with E-state index in [1.54, 1.807) is 12.4 Å². The van der Waals surface area contributed by atoms with Crippen LogP contribution in [0.3, 0.4) is 0 Å². The second-order valence-electron chi connectivity index (χ2n) is 6.11. The Hall–Kier alpha value is -0.600. The van der Waals surface area contributed by atoms with Crippen molar-refractivity contribution in [1.82, 2.24) is 4.98 Å². The lowest BCUT2D eigenvalue weighted by Gasteiger charge is -2.40. The van der Waals surface area contributed by atoms with E-state index in [4.69, 9.17) is 17.3 Å². The molecule has 18 heavy (non-hydrogen) atoms. The van der Waals surface area contributed by atoms with Crippen LogP contribution in [0, 0.1) is 11.8 Å². The maximum atomic E-state index is 6.61. The molecular formula is C15H23ClN2. The standard InChI is InChI=1S/C15H23ClN2/c1-11(2)12-4-3-6-15(17,8-12)9-13-5-7-18-10-14(13)16/h5,7,10-12H,3-4,6,8-9,17H2,1-2H3. The van der Waals surface area contributed by atoms with Gasteiger partial charge in [0.25, 0.3) is 0 Å². The normalized spacial score (nSPS) is 28.6. The molecule has 1 aliphatic rings. The lowest BCUT2D eigenvalue weighted by atomic mass is 9.70. The van der Waals surface area contributed by atoms with Crippen molar-refractivity contribution in [1.29, 1.82) is 0 Å². The molecule has 2 atom stereocenters. The van der Waals surface area contributed by atoms with Crippen LogP contribution in [-0.2, 0) is 6.42 Å². The molecule has 1 saturated carbocycles. The topological polar surface area (TPSA) is 38.9 Å². The average molecular weight is 267 g/mol. The number of hydrogen-bond donors (Lipinski definition) is 1. The summed E-state index contributed by atoms with van der Waals surface area (Å²) in [5, 5.41) is 0.744. The lowest BCUT2D eigenvalue weighted by Crippen LogP contribution is -2.47. The summed E-state index contributed by atoms with van der Waals surface area (Å²) in [7, 11) is 0. The summed E-state index contributed by atoms with van der Waals surface area (Å²) in [6.45, 7) is 4.60. The van der Waals surface area contributed by atoms with Gasteiger partial charge in [0.15, 0.2) is 0 Å². The number of halogens is 1. The molecule has 2 nitrogen and oxygen atoms in total. The van der Waals surface area contributed by atoms with Crippen LogP contribution in [0.4, 0.5) is 0 Å². The maximum absolute atomic E-state index is 6.61. The second kappa shape index (κ2) is 5.58. The minimum atomic E-state index is -0.0851. The maximum Gasteiger partial charge on any atom is 0.0621 e. The Morgan fingerprint density at radius 3 is 3.00 bits per heavy atom. The number of nitrogens with two attached hydrogens (primary N) is 1. The largest absolute Gasteiger partial charge is 0.325 e. The highest BCUT2D eigenvalue weighted by Gasteiger charge is 2.34. The SMILES string of the molecule is CC(C)C1CCCC(N)(Cc2ccncc2Cl)C1. The third-order valence-corrected chi connectivity index (χ3v) is 4.60. The van der Waals surface area contributed by atoms with Crippen LogP contribution in [-0.4, -0.2) is 10.5 Å². The van der Waals surface area contributed by atoms with Gasteiger partial charge in [-0.05, 0) is 42.7 Å². The van der Waals surface area contributed by atoms with Gasteiger partial charge in [0.1, 0.15) is 0 Å². The molecule has 2 unspecified atom stereocenters. The highest BCUT2D eigenvalue weighted by Crippen LogP contribution is 2.37. The number of rotatable bonds is 3. The van der Waals surface area contributed by atoms with Crippen LogP contribution in [0.5, 0.6) is 0 Å². The van der Waals surface area contributed by atoms with E-state index in [1.165, 1.54) is 12.8 Å². The highest BCUT2D eigenvalue weighted by atomic mass is 35.5.